The highest BCUT2D eigenvalue weighted by molar-refractivity contribution is 5.97. The zero-order valence-corrected chi connectivity index (χ0v) is 17.9. The van der Waals surface area contributed by atoms with Gasteiger partial charge in [-0.25, -0.2) is 5.43 Å². The van der Waals surface area contributed by atoms with Crippen LogP contribution in [0, 0.1) is 22.5 Å². The lowest BCUT2D eigenvalue weighted by molar-refractivity contribution is -0.384. The Morgan fingerprint density at radius 2 is 2.15 bits per heavy atom. The number of carbonyl (C=O) groups excluding carboxylic acids is 1. The van der Waals surface area contributed by atoms with E-state index in [1.54, 1.807) is 12.1 Å². The van der Waals surface area contributed by atoms with Gasteiger partial charge in [-0.15, -0.1) is 13.0 Å². The van der Waals surface area contributed by atoms with E-state index in [0.29, 0.717) is 41.1 Å². The minimum atomic E-state index is -0.601. The van der Waals surface area contributed by atoms with Crippen LogP contribution in [0.15, 0.2) is 58.6 Å². The number of nitro benzene ring substituents is 1. The first-order valence-electron chi connectivity index (χ1n) is 9.95. The van der Waals surface area contributed by atoms with Gasteiger partial charge in [0.25, 0.3) is 5.69 Å². The van der Waals surface area contributed by atoms with Crippen molar-refractivity contribution in [3.05, 3.63) is 76.1 Å². The van der Waals surface area contributed by atoms with Crippen LogP contribution >= 0.6 is 0 Å². The number of amides is 1. The first-order chi connectivity index (χ1) is 16.0. The maximum Gasteiger partial charge on any atom is 0.307 e. The Hall–Kier alpha value is -4.58. The van der Waals surface area contributed by atoms with E-state index in [0.717, 1.165) is 5.56 Å². The van der Waals surface area contributed by atoms with Crippen molar-refractivity contribution >= 4 is 28.8 Å². The van der Waals surface area contributed by atoms with Crippen LogP contribution in [-0.4, -0.2) is 30.3 Å². The van der Waals surface area contributed by atoms with Crippen molar-refractivity contribution in [2.75, 3.05) is 13.2 Å². The molecule has 0 aliphatic carbocycles. The summed E-state index contributed by atoms with van der Waals surface area (Å²) < 4.78 is 16.8. The number of hydrazone groups is 1. The molecule has 0 saturated carbocycles. The Morgan fingerprint density at radius 1 is 1.33 bits per heavy atom. The summed E-state index contributed by atoms with van der Waals surface area (Å²) in [5.74, 6) is 2.84. The van der Waals surface area contributed by atoms with E-state index in [2.05, 4.69) is 23.0 Å². The highest BCUT2D eigenvalue weighted by Crippen LogP contribution is 2.33. The van der Waals surface area contributed by atoms with Gasteiger partial charge in [-0.2, -0.15) is 5.10 Å². The third-order valence-corrected chi connectivity index (χ3v) is 4.43. The summed E-state index contributed by atoms with van der Waals surface area (Å²) >= 11 is 0. The fourth-order valence-electron chi connectivity index (χ4n) is 3.08. The zero-order valence-electron chi connectivity index (χ0n) is 17.9. The van der Waals surface area contributed by atoms with Crippen molar-refractivity contribution in [2.24, 2.45) is 5.10 Å². The largest absolute Gasteiger partial charge is 0.490 e. The Labute approximate surface area is 189 Å². The molecule has 1 aromatic heterocycles. The second kappa shape index (κ2) is 10.6. The number of non-ortho nitro benzene ring substituents is 1. The van der Waals surface area contributed by atoms with Crippen LogP contribution in [0.3, 0.4) is 0 Å². The number of hydrogen-bond donors (Lipinski definition) is 1. The van der Waals surface area contributed by atoms with Gasteiger partial charge in [0.2, 0.25) is 0 Å². The van der Waals surface area contributed by atoms with E-state index in [-0.39, 0.29) is 18.1 Å². The van der Waals surface area contributed by atoms with Crippen molar-refractivity contribution in [3.8, 4) is 23.8 Å². The smallest absolute Gasteiger partial charge is 0.307 e. The number of terminal acetylenes is 1. The summed E-state index contributed by atoms with van der Waals surface area (Å²) in [7, 11) is 0. The van der Waals surface area contributed by atoms with E-state index in [4.69, 9.17) is 20.3 Å². The summed E-state index contributed by atoms with van der Waals surface area (Å²) in [6.07, 6.45) is 8.99. The molecule has 9 heteroatoms. The molecule has 0 aliphatic rings. The van der Waals surface area contributed by atoms with Crippen LogP contribution in [0.5, 0.6) is 11.5 Å². The fraction of sp³-hybridized carbons (Fsp3) is 0.167. The van der Waals surface area contributed by atoms with Crippen LogP contribution in [0.2, 0.25) is 0 Å². The molecule has 0 fully saturated rings. The topological polar surface area (TPSA) is 116 Å². The van der Waals surface area contributed by atoms with E-state index in [1.165, 1.54) is 30.5 Å². The van der Waals surface area contributed by atoms with Gasteiger partial charge in [0, 0.05) is 23.1 Å². The van der Waals surface area contributed by atoms with Crippen LogP contribution < -0.4 is 14.9 Å². The number of hydrogen-bond acceptors (Lipinski definition) is 7. The molecule has 3 rings (SSSR count). The Bertz CT molecular complexity index is 1270. The number of fused-ring (bicyclic) bond motifs is 1. The molecule has 0 spiro atoms. The Morgan fingerprint density at radius 3 is 2.85 bits per heavy atom. The highest BCUT2D eigenvalue weighted by Gasteiger charge is 2.15. The summed E-state index contributed by atoms with van der Waals surface area (Å²) in [6.45, 7) is 6.12. The van der Waals surface area contributed by atoms with Crippen LogP contribution in [-0.2, 0) is 6.42 Å². The number of benzene rings is 2. The van der Waals surface area contributed by atoms with Crippen molar-refractivity contribution in [2.45, 2.75) is 13.3 Å². The molecular weight excluding hydrogens is 426 g/mol. The van der Waals surface area contributed by atoms with Gasteiger partial charge in [0.15, 0.2) is 17.3 Å². The van der Waals surface area contributed by atoms with E-state index < -0.39 is 10.8 Å². The molecule has 0 saturated heterocycles. The Kier molecular flexibility index (Phi) is 7.44. The second-order valence-electron chi connectivity index (χ2n) is 6.71. The van der Waals surface area contributed by atoms with Crippen molar-refractivity contribution < 1.29 is 23.6 Å². The number of rotatable bonds is 10. The lowest BCUT2D eigenvalue weighted by Crippen LogP contribution is -2.16. The van der Waals surface area contributed by atoms with Crippen LogP contribution in [0.1, 0.15) is 28.6 Å². The predicted molar refractivity (Wildman–Crippen MR) is 124 cm³/mol. The van der Waals surface area contributed by atoms with Gasteiger partial charge in [-0.05, 0) is 43.2 Å². The quantitative estimate of drug-likeness (QED) is 0.163. The summed E-state index contributed by atoms with van der Waals surface area (Å²) in [5.41, 5.74) is 4.10. The summed E-state index contributed by atoms with van der Waals surface area (Å²) in [6, 6.07) is 9.04. The van der Waals surface area contributed by atoms with Gasteiger partial charge in [0.1, 0.15) is 12.2 Å². The second-order valence-corrected chi connectivity index (χ2v) is 6.71. The zero-order chi connectivity index (χ0) is 23.8. The average Bonchev–Trinajstić information content (AvgIpc) is 3.22. The monoisotopic (exact) mass is 447 g/mol. The van der Waals surface area contributed by atoms with Gasteiger partial charge in [-0.1, -0.05) is 12.0 Å². The number of nitro groups is 1. The summed E-state index contributed by atoms with van der Waals surface area (Å²) in [5, 5.41) is 15.3. The lowest BCUT2D eigenvalue weighted by atomic mass is 10.1. The van der Waals surface area contributed by atoms with Crippen molar-refractivity contribution in [1.82, 2.24) is 5.43 Å². The third-order valence-electron chi connectivity index (χ3n) is 4.43. The SMILES string of the molecule is C#CCOc1c(CC=C)cc(/C=N/NC(=O)c2cc3cc([N+](=O)[O-])ccc3o2)cc1OCC. The molecule has 0 bridgehead atoms. The minimum absolute atomic E-state index is 0.0250. The number of nitrogens with one attached hydrogen (secondary N) is 1. The number of carbonyl (C=O) groups is 1. The molecular formula is C24H21N3O6. The lowest BCUT2D eigenvalue weighted by Gasteiger charge is -2.15. The highest BCUT2D eigenvalue weighted by atomic mass is 16.6. The van der Waals surface area contributed by atoms with Crippen LogP contribution in [0.25, 0.3) is 11.0 Å². The van der Waals surface area contributed by atoms with Crippen LogP contribution in [0.4, 0.5) is 5.69 Å². The number of nitrogens with zero attached hydrogens (tertiary/aromatic N) is 2. The maximum absolute atomic E-state index is 12.4. The predicted octanol–water partition coefficient (Wildman–Crippen LogP) is 4.24. The maximum atomic E-state index is 12.4. The standard InChI is InChI=1S/C24H21N3O6/c1-4-7-17-11-16(12-21(31-6-3)23(17)32-10-5-2)15-25-26-24(28)22-14-18-13-19(27(29)30)8-9-20(18)33-22/h2,4,8-9,11-15H,1,6-7,10H2,3H3,(H,26,28)/b25-15+. The number of allylic oxidation sites excluding steroid dienone is 1. The molecule has 168 valence electrons. The van der Waals surface area contributed by atoms with E-state index >= 15 is 0 Å². The van der Waals surface area contributed by atoms with Crippen molar-refractivity contribution in [3.63, 3.8) is 0 Å². The van der Waals surface area contributed by atoms with Gasteiger partial charge < -0.3 is 13.9 Å². The number of ether oxygens (including phenoxy) is 2. The average molecular weight is 447 g/mol. The molecule has 3 aromatic rings. The van der Waals surface area contributed by atoms with Crippen molar-refractivity contribution in [1.29, 1.82) is 0 Å². The first-order valence-corrected chi connectivity index (χ1v) is 9.95. The summed E-state index contributed by atoms with van der Waals surface area (Å²) in [4.78, 5) is 22.8. The molecule has 1 N–H and O–H groups in total. The third kappa shape index (κ3) is 5.57. The molecule has 0 atom stereocenters. The first kappa shape index (κ1) is 23.1. The Balaban J connectivity index is 1.80. The van der Waals surface area contributed by atoms with Gasteiger partial charge in [0.05, 0.1) is 17.7 Å². The molecule has 2 aromatic carbocycles. The fourth-order valence-corrected chi connectivity index (χ4v) is 3.08. The normalized spacial score (nSPS) is 10.7. The molecule has 0 aliphatic heterocycles. The molecule has 1 amide bonds. The molecule has 1 heterocycles. The number of furan rings is 1. The minimum Gasteiger partial charge on any atom is -0.490 e. The van der Waals surface area contributed by atoms with E-state index in [1.807, 2.05) is 13.0 Å². The van der Waals surface area contributed by atoms with Gasteiger partial charge >= 0.3 is 5.91 Å². The molecule has 33 heavy (non-hydrogen) atoms. The van der Waals surface area contributed by atoms with E-state index in [9.17, 15) is 14.9 Å². The molecule has 9 nitrogen and oxygen atoms in total. The molecule has 0 radical (unpaired) electrons. The molecule has 0 unspecified atom stereocenters. The van der Waals surface area contributed by atoms with Gasteiger partial charge in [-0.3, -0.25) is 14.9 Å².